The van der Waals surface area contributed by atoms with Gasteiger partial charge < -0.3 is 19.5 Å². The Labute approximate surface area is 186 Å². The van der Waals surface area contributed by atoms with Crippen molar-refractivity contribution in [1.29, 1.82) is 0 Å². The number of hydrogen-bond acceptors (Lipinski definition) is 5. The highest BCUT2D eigenvalue weighted by molar-refractivity contribution is 5.64. The molecule has 1 amide bonds. The van der Waals surface area contributed by atoms with Gasteiger partial charge in [-0.1, -0.05) is 6.92 Å². The molecule has 0 radical (unpaired) electrons. The van der Waals surface area contributed by atoms with Crippen molar-refractivity contribution in [3.8, 4) is 0 Å². The number of ether oxygens (including phenoxy) is 2. The predicted octanol–water partition coefficient (Wildman–Crippen LogP) is 3.55. The highest BCUT2D eigenvalue weighted by Crippen LogP contribution is 2.47. The minimum atomic E-state index is -0.891. The van der Waals surface area contributed by atoms with Crippen molar-refractivity contribution in [2.45, 2.75) is 71.6 Å². The molecule has 8 nitrogen and oxygen atoms in total. The fourth-order valence-electron chi connectivity index (χ4n) is 5.00. The molecule has 0 aromatic carbocycles. The van der Waals surface area contributed by atoms with Gasteiger partial charge in [0.25, 0.3) is 0 Å². The zero-order chi connectivity index (χ0) is 22.4. The van der Waals surface area contributed by atoms with E-state index in [9.17, 15) is 4.79 Å². The average Bonchev–Trinajstić information content (AvgIpc) is 3.14. The fraction of sp³-hybridized carbons (Fsp3) is 0.826. The molecule has 1 aliphatic carbocycles. The summed E-state index contributed by atoms with van der Waals surface area (Å²) in [6.07, 6.45) is 4.99. The van der Waals surface area contributed by atoms with E-state index in [2.05, 4.69) is 23.4 Å². The third kappa shape index (κ3) is 5.79. The van der Waals surface area contributed by atoms with Crippen molar-refractivity contribution in [3.63, 3.8) is 0 Å². The van der Waals surface area contributed by atoms with Gasteiger partial charge in [-0.2, -0.15) is 5.10 Å². The Bertz CT molecular complexity index is 727. The molecule has 8 heteroatoms. The van der Waals surface area contributed by atoms with E-state index in [1.54, 1.807) is 7.05 Å². The second-order valence-corrected chi connectivity index (χ2v) is 9.29. The van der Waals surface area contributed by atoms with Crippen LogP contribution in [0, 0.1) is 5.41 Å². The SMILES string of the molecule is CCOCC1(CC)CCC(c2c(CN(C)CCN(C)C(=O)O)nn3c2COCC3)CC1. The first-order valence-corrected chi connectivity index (χ1v) is 11.8. The van der Waals surface area contributed by atoms with Gasteiger partial charge in [0, 0.05) is 38.9 Å². The number of rotatable bonds is 10. The van der Waals surface area contributed by atoms with Gasteiger partial charge >= 0.3 is 6.09 Å². The molecular formula is C23H40N4O4. The van der Waals surface area contributed by atoms with Gasteiger partial charge in [0.1, 0.15) is 0 Å². The maximum atomic E-state index is 11.1. The lowest BCUT2D eigenvalue weighted by atomic mass is 9.67. The molecule has 1 N–H and O–H groups in total. The molecule has 3 rings (SSSR count). The lowest BCUT2D eigenvalue weighted by molar-refractivity contribution is 0.0189. The molecule has 2 aliphatic rings. The first kappa shape index (κ1) is 24.0. The Morgan fingerprint density at radius 2 is 2.03 bits per heavy atom. The fourth-order valence-corrected chi connectivity index (χ4v) is 5.00. The van der Waals surface area contributed by atoms with Crippen LogP contribution in [0.3, 0.4) is 0 Å². The molecule has 0 atom stereocenters. The van der Waals surface area contributed by atoms with Crippen LogP contribution in [-0.4, -0.2) is 77.8 Å². The average molecular weight is 437 g/mol. The van der Waals surface area contributed by atoms with E-state index >= 15 is 0 Å². The zero-order valence-electron chi connectivity index (χ0n) is 19.7. The van der Waals surface area contributed by atoms with Crippen molar-refractivity contribution in [2.24, 2.45) is 5.41 Å². The first-order valence-electron chi connectivity index (χ1n) is 11.8. The van der Waals surface area contributed by atoms with E-state index in [0.717, 1.165) is 44.8 Å². The molecule has 1 saturated carbocycles. The van der Waals surface area contributed by atoms with Crippen molar-refractivity contribution in [3.05, 3.63) is 17.0 Å². The maximum absolute atomic E-state index is 11.1. The van der Waals surface area contributed by atoms with Gasteiger partial charge in [-0.3, -0.25) is 9.58 Å². The summed E-state index contributed by atoms with van der Waals surface area (Å²) in [7, 11) is 3.65. The van der Waals surface area contributed by atoms with Crippen LogP contribution in [0.5, 0.6) is 0 Å². The standard InChI is InChI=1S/C23H40N4O4/c1-5-23(17-30-6-2)9-7-18(8-10-23)21-19(24-27-13-14-31-16-20(21)27)15-25(3)11-12-26(4)22(28)29/h18H,5-17H2,1-4H3,(H,28,29). The Morgan fingerprint density at radius 3 is 2.68 bits per heavy atom. The smallest absolute Gasteiger partial charge is 0.407 e. The van der Waals surface area contributed by atoms with Gasteiger partial charge in [-0.15, -0.1) is 0 Å². The van der Waals surface area contributed by atoms with Crippen molar-refractivity contribution in [2.75, 3.05) is 47.0 Å². The Hall–Kier alpha value is -1.64. The van der Waals surface area contributed by atoms with Gasteiger partial charge in [0.2, 0.25) is 0 Å². The van der Waals surface area contributed by atoms with Gasteiger partial charge in [-0.25, -0.2) is 4.79 Å². The third-order valence-corrected chi connectivity index (χ3v) is 7.24. The van der Waals surface area contributed by atoms with Crippen LogP contribution in [0.15, 0.2) is 0 Å². The number of hydrogen-bond donors (Lipinski definition) is 1. The molecule has 1 aliphatic heterocycles. The minimum Gasteiger partial charge on any atom is -0.465 e. The van der Waals surface area contributed by atoms with Crippen LogP contribution in [0.1, 0.15) is 68.8 Å². The normalized spacial score (nSPS) is 23.7. The highest BCUT2D eigenvalue weighted by Gasteiger charge is 2.37. The summed E-state index contributed by atoms with van der Waals surface area (Å²) in [5, 5.41) is 14.1. The molecule has 31 heavy (non-hydrogen) atoms. The van der Waals surface area contributed by atoms with E-state index < -0.39 is 6.09 Å². The molecule has 0 spiro atoms. The Balaban J connectivity index is 1.72. The van der Waals surface area contributed by atoms with Gasteiger partial charge in [-0.05, 0) is 57.4 Å². The highest BCUT2D eigenvalue weighted by atomic mass is 16.5. The van der Waals surface area contributed by atoms with E-state index in [1.165, 1.54) is 35.4 Å². The van der Waals surface area contributed by atoms with Crippen molar-refractivity contribution < 1.29 is 19.4 Å². The molecule has 0 saturated heterocycles. The lowest BCUT2D eigenvalue weighted by Crippen LogP contribution is -2.34. The number of nitrogens with zero attached hydrogens (tertiary/aromatic N) is 4. The molecule has 2 heterocycles. The summed E-state index contributed by atoms with van der Waals surface area (Å²) < 4.78 is 13.8. The minimum absolute atomic E-state index is 0.314. The third-order valence-electron chi connectivity index (χ3n) is 7.24. The van der Waals surface area contributed by atoms with Crippen LogP contribution in [-0.2, 0) is 29.2 Å². The van der Waals surface area contributed by atoms with Crippen LogP contribution in [0.25, 0.3) is 0 Å². The molecule has 1 aromatic rings. The summed E-state index contributed by atoms with van der Waals surface area (Å²) >= 11 is 0. The number of amides is 1. The van der Waals surface area contributed by atoms with Crippen LogP contribution in [0.2, 0.25) is 0 Å². The molecule has 1 aromatic heterocycles. The Kier molecular flexibility index (Phi) is 8.36. The number of carbonyl (C=O) groups is 1. The summed E-state index contributed by atoms with van der Waals surface area (Å²) in [5.41, 5.74) is 4.09. The van der Waals surface area contributed by atoms with Crippen molar-refractivity contribution >= 4 is 6.09 Å². The van der Waals surface area contributed by atoms with Crippen LogP contribution in [0.4, 0.5) is 4.79 Å². The van der Waals surface area contributed by atoms with Crippen LogP contribution >= 0.6 is 0 Å². The topological polar surface area (TPSA) is 80.1 Å². The Morgan fingerprint density at radius 1 is 1.29 bits per heavy atom. The summed E-state index contributed by atoms with van der Waals surface area (Å²) in [4.78, 5) is 14.6. The first-order chi connectivity index (χ1) is 14.9. The monoisotopic (exact) mass is 436 g/mol. The lowest BCUT2D eigenvalue weighted by Gasteiger charge is -2.40. The van der Waals surface area contributed by atoms with E-state index in [4.69, 9.17) is 19.7 Å². The summed E-state index contributed by atoms with van der Waals surface area (Å²) in [5.74, 6) is 0.511. The number of carboxylic acid groups (broad SMARTS) is 1. The number of aromatic nitrogens is 2. The molecule has 176 valence electrons. The molecular weight excluding hydrogens is 396 g/mol. The number of likely N-dealkylation sites (N-methyl/N-ethyl adjacent to an activating group) is 2. The quantitative estimate of drug-likeness (QED) is 0.604. The van der Waals surface area contributed by atoms with Gasteiger partial charge in [0.15, 0.2) is 0 Å². The maximum Gasteiger partial charge on any atom is 0.407 e. The molecule has 0 unspecified atom stereocenters. The summed E-state index contributed by atoms with van der Waals surface area (Å²) in [6.45, 7) is 10.1. The van der Waals surface area contributed by atoms with Crippen molar-refractivity contribution in [1.82, 2.24) is 19.6 Å². The van der Waals surface area contributed by atoms with Crippen LogP contribution < -0.4 is 0 Å². The largest absolute Gasteiger partial charge is 0.465 e. The zero-order valence-corrected chi connectivity index (χ0v) is 19.7. The molecule has 1 fully saturated rings. The summed E-state index contributed by atoms with van der Waals surface area (Å²) in [6, 6.07) is 0. The predicted molar refractivity (Wildman–Crippen MR) is 119 cm³/mol. The second-order valence-electron chi connectivity index (χ2n) is 9.29. The van der Waals surface area contributed by atoms with E-state index in [1.807, 2.05) is 7.05 Å². The second kappa shape index (κ2) is 10.8. The number of fused-ring (bicyclic) bond motifs is 1. The van der Waals surface area contributed by atoms with Gasteiger partial charge in [0.05, 0.1) is 37.8 Å². The molecule has 0 bridgehead atoms. The van der Waals surface area contributed by atoms with E-state index in [-0.39, 0.29) is 0 Å². The van der Waals surface area contributed by atoms with E-state index in [0.29, 0.717) is 37.6 Å².